The summed E-state index contributed by atoms with van der Waals surface area (Å²) in [6.07, 6.45) is 58.5. The van der Waals surface area contributed by atoms with Crippen molar-refractivity contribution < 1.29 is 0 Å². The van der Waals surface area contributed by atoms with Gasteiger partial charge in [-0.15, -0.1) is 0 Å². The molecule has 1 rings (SSSR count). The smallest absolute Gasteiger partial charge is 0.0533 e. The van der Waals surface area contributed by atoms with Gasteiger partial charge in [0.2, 0.25) is 0 Å². The third-order valence-corrected chi connectivity index (χ3v) is 9.75. The summed E-state index contributed by atoms with van der Waals surface area (Å²) in [5, 5.41) is 0. The van der Waals surface area contributed by atoms with Gasteiger partial charge in [-0.25, -0.2) is 0 Å². The van der Waals surface area contributed by atoms with Gasteiger partial charge in [0.15, 0.2) is 0 Å². The fourth-order valence-corrected chi connectivity index (χ4v) is 6.89. The van der Waals surface area contributed by atoms with Crippen LogP contribution in [0.15, 0.2) is 0 Å². The predicted octanol–water partition coefficient (Wildman–Crippen LogP) is 15.2. The van der Waals surface area contributed by atoms with Crippen LogP contribution in [-0.2, 0) is 0 Å². The first kappa shape index (κ1) is 37.0. The van der Waals surface area contributed by atoms with Crippen molar-refractivity contribution in [3.63, 3.8) is 0 Å². The molecule has 0 atom stereocenters. The van der Waals surface area contributed by atoms with E-state index in [1.54, 1.807) is 0 Å². The van der Waals surface area contributed by atoms with Crippen molar-refractivity contribution in [2.45, 2.75) is 250 Å². The summed E-state index contributed by atoms with van der Waals surface area (Å²) in [5.41, 5.74) is 0. The number of rotatable bonds is 0. The topological polar surface area (TPSA) is 0 Å². The summed E-state index contributed by atoms with van der Waals surface area (Å²) >= 11 is 0. The molecule has 0 nitrogen and oxygen atoms in total. The van der Waals surface area contributed by atoms with Gasteiger partial charge in [0, 0.05) is 0 Å². The standard InChI is InChI=1S/C39H78/c1-2-4-6-8-10-12-14-16-18-20-22-24-26-28-30-32-34-36-38-39-37-35-33-31-29-27-25-23-21-19-17-15-13-11-9-7-5-3-1/h1-39H2. The molecule has 1 saturated carbocycles. The molecule has 39 heavy (non-hydrogen) atoms. The Bertz CT molecular complexity index is 206. The summed E-state index contributed by atoms with van der Waals surface area (Å²) in [6.45, 7) is 0. The van der Waals surface area contributed by atoms with Crippen molar-refractivity contribution in [2.24, 2.45) is 0 Å². The van der Waals surface area contributed by atoms with E-state index in [0.717, 1.165) is 0 Å². The molecule has 1 aliphatic rings. The predicted molar refractivity (Wildman–Crippen MR) is 180 cm³/mol. The summed E-state index contributed by atoms with van der Waals surface area (Å²) in [7, 11) is 0. The van der Waals surface area contributed by atoms with Crippen molar-refractivity contribution in [2.75, 3.05) is 0 Å². The first-order chi connectivity index (χ1) is 19.5. The SMILES string of the molecule is C1CCCCCCCCCCCCCCCCCCCCCCCCCCCCCCCCCCCCCC1. The van der Waals surface area contributed by atoms with E-state index in [0.29, 0.717) is 0 Å². The zero-order valence-corrected chi connectivity index (χ0v) is 27.6. The monoisotopic (exact) mass is 547 g/mol. The first-order valence-corrected chi connectivity index (χ1v) is 19.5. The lowest BCUT2D eigenvalue weighted by atomic mass is 10.0. The van der Waals surface area contributed by atoms with Crippen molar-refractivity contribution in [1.82, 2.24) is 0 Å². The summed E-state index contributed by atoms with van der Waals surface area (Å²) in [5.74, 6) is 0. The summed E-state index contributed by atoms with van der Waals surface area (Å²) < 4.78 is 0. The molecule has 0 radical (unpaired) electrons. The van der Waals surface area contributed by atoms with E-state index < -0.39 is 0 Å². The highest BCUT2D eigenvalue weighted by Gasteiger charge is 1.98. The van der Waals surface area contributed by atoms with Crippen LogP contribution in [0.4, 0.5) is 0 Å². The van der Waals surface area contributed by atoms with Gasteiger partial charge in [0.05, 0.1) is 0 Å². The Kier molecular flexibility index (Phi) is 32.5. The van der Waals surface area contributed by atoms with Gasteiger partial charge in [-0.2, -0.15) is 0 Å². The molecule has 0 N–H and O–H groups in total. The zero-order valence-electron chi connectivity index (χ0n) is 27.6. The second-order valence-corrected chi connectivity index (χ2v) is 13.8. The quantitative estimate of drug-likeness (QED) is 0.283. The molecule has 0 spiro atoms. The largest absolute Gasteiger partial charge is 0.0533 e. The average molecular weight is 547 g/mol. The van der Waals surface area contributed by atoms with Crippen LogP contribution in [0.25, 0.3) is 0 Å². The Hall–Kier alpha value is 0. The van der Waals surface area contributed by atoms with E-state index in [4.69, 9.17) is 0 Å². The van der Waals surface area contributed by atoms with Gasteiger partial charge >= 0.3 is 0 Å². The van der Waals surface area contributed by atoms with E-state index >= 15 is 0 Å². The van der Waals surface area contributed by atoms with E-state index in [9.17, 15) is 0 Å². The molecule has 0 amide bonds. The Morgan fingerprint density at radius 3 is 0.103 bits per heavy atom. The van der Waals surface area contributed by atoms with Crippen LogP contribution in [0.5, 0.6) is 0 Å². The number of hydrogen-bond donors (Lipinski definition) is 0. The second kappa shape index (κ2) is 34.2. The molecule has 0 aromatic heterocycles. The molecule has 0 heteroatoms. The van der Waals surface area contributed by atoms with Gasteiger partial charge in [0.25, 0.3) is 0 Å². The fraction of sp³-hybridized carbons (Fsp3) is 1.00. The Morgan fingerprint density at radius 2 is 0.0769 bits per heavy atom. The molecule has 0 saturated heterocycles. The minimum Gasteiger partial charge on any atom is -0.0533 e. The average Bonchev–Trinajstić information content (AvgIpc) is 2.95. The van der Waals surface area contributed by atoms with Crippen LogP contribution < -0.4 is 0 Å². The molecular formula is C39H78. The van der Waals surface area contributed by atoms with E-state index in [1.807, 2.05) is 0 Å². The summed E-state index contributed by atoms with van der Waals surface area (Å²) in [4.78, 5) is 0. The highest BCUT2D eigenvalue weighted by Crippen LogP contribution is 2.18. The Morgan fingerprint density at radius 1 is 0.0513 bits per heavy atom. The maximum Gasteiger partial charge on any atom is -0.0533 e. The highest BCUT2D eigenvalue weighted by atomic mass is 14.0. The second-order valence-electron chi connectivity index (χ2n) is 13.8. The van der Waals surface area contributed by atoms with Crippen molar-refractivity contribution in [3.05, 3.63) is 0 Å². The van der Waals surface area contributed by atoms with E-state index in [2.05, 4.69) is 0 Å². The Balaban J connectivity index is 2.00. The van der Waals surface area contributed by atoms with Crippen LogP contribution >= 0.6 is 0 Å². The van der Waals surface area contributed by atoms with E-state index in [-0.39, 0.29) is 0 Å². The summed E-state index contributed by atoms with van der Waals surface area (Å²) in [6, 6.07) is 0. The van der Waals surface area contributed by atoms with Crippen LogP contribution in [0.3, 0.4) is 0 Å². The van der Waals surface area contributed by atoms with Crippen molar-refractivity contribution >= 4 is 0 Å². The highest BCUT2D eigenvalue weighted by molar-refractivity contribution is 4.54. The van der Waals surface area contributed by atoms with Crippen LogP contribution in [0, 0.1) is 0 Å². The molecule has 0 aromatic carbocycles. The molecule has 234 valence electrons. The molecule has 1 fully saturated rings. The zero-order chi connectivity index (χ0) is 27.6. The van der Waals surface area contributed by atoms with Crippen LogP contribution in [0.1, 0.15) is 250 Å². The third kappa shape index (κ3) is 32.4. The fourth-order valence-electron chi connectivity index (χ4n) is 6.89. The lowest BCUT2D eigenvalue weighted by molar-refractivity contribution is 0.510. The maximum absolute atomic E-state index is 1.50. The molecule has 0 aliphatic heterocycles. The molecule has 0 unspecified atom stereocenters. The van der Waals surface area contributed by atoms with Crippen molar-refractivity contribution in [1.29, 1.82) is 0 Å². The first-order valence-electron chi connectivity index (χ1n) is 19.5. The van der Waals surface area contributed by atoms with Gasteiger partial charge in [0.1, 0.15) is 0 Å². The van der Waals surface area contributed by atoms with E-state index in [1.165, 1.54) is 250 Å². The molecule has 0 bridgehead atoms. The normalized spacial score (nSPS) is 24.0. The lowest BCUT2D eigenvalue weighted by Gasteiger charge is -2.05. The van der Waals surface area contributed by atoms with Crippen molar-refractivity contribution in [3.8, 4) is 0 Å². The Labute approximate surface area is 250 Å². The lowest BCUT2D eigenvalue weighted by Crippen LogP contribution is -1.85. The molecular weight excluding hydrogens is 468 g/mol. The minimum atomic E-state index is 1.50. The molecule has 0 heterocycles. The van der Waals surface area contributed by atoms with Gasteiger partial charge in [-0.05, 0) is 0 Å². The minimum absolute atomic E-state index is 1.50. The van der Waals surface area contributed by atoms with Gasteiger partial charge in [-0.1, -0.05) is 250 Å². The molecule has 1 aliphatic carbocycles. The van der Waals surface area contributed by atoms with Gasteiger partial charge in [-0.3, -0.25) is 0 Å². The maximum atomic E-state index is 1.50. The number of hydrogen-bond acceptors (Lipinski definition) is 0. The van der Waals surface area contributed by atoms with Gasteiger partial charge < -0.3 is 0 Å². The third-order valence-electron chi connectivity index (χ3n) is 9.75. The van der Waals surface area contributed by atoms with Crippen LogP contribution in [-0.4, -0.2) is 0 Å². The molecule has 0 aromatic rings. The van der Waals surface area contributed by atoms with Crippen LogP contribution in [0.2, 0.25) is 0 Å².